The van der Waals surface area contributed by atoms with E-state index in [0.717, 1.165) is 17.0 Å². The summed E-state index contributed by atoms with van der Waals surface area (Å²) in [7, 11) is 0. The van der Waals surface area contributed by atoms with Crippen LogP contribution in [-0.4, -0.2) is 11.0 Å². The first-order chi connectivity index (χ1) is 10.4. The number of carbonyl (C=O) groups is 1. The number of amides is 2. The molecule has 1 atom stereocenters. The number of hydrogen-bond acceptors (Lipinski definition) is 3. The summed E-state index contributed by atoms with van der Waals surface area (Å²) < 4.78 is 5.46. The number of carbonyl (C=O) groups excluding carboxylic acids is 1. The van der Waals surface area contributed by atoms with Crippen LogP contribution >= 0.6 is 0 Å². The summed E-state index contributed by atoms with van der Waals surface area (Å²) in [5.74, 6) is 1.49. The number of furan rings is 1. The molecule has 0 aliphatic heterocycles. The zero-order valence-corrected chi connectivity index (χ0v) is 13.2. The summed E-state index contributed by atoms with van der Waals surface area (Å²) in [5.41, 5.74) is 2.04. The molecular formula is C16H21N3O3. The van der Waals surface area contributed by atoms with E-state index in [0.29, 0.717) is 11.3 Å². The van der Waals surface area contributed by atoms with E-state index in [9.17, 15) is 9.59 Å². The Labute approximate surface area is 128 Å². The molecule has 2 rings (SSSR count). The lowest BCUT2D eigenvalue weighted by Crippen LogP contribution is -2.37. The number of nitrogens with one attached hydrogen (secondary N) is 3. The summed E-state index contributed by atoms with van der Waals surface area (Å²) >= 11 is 0. The lowest BCUT2D eigenvalue weighted by atomic mass is 10.1. The van der Waals surface area contributed by atoms with Crippen LogP contribution in [0.4, 0.5) is 4.79 Å². The van der Waals surface area contributed by atoms with Crippen LogP contribution in [0.3, 0.4) is 0 Å². The molecule has 3 N–H and O–H groups in total. The first-order valence-corrected chi connectivity index (χ1v) is 7.17. The molecule has 0 aliphatic rings. The van der Waals surface area contributed by atoms with Gasteiger partial charge in [0.2, 0.25) is 0 Å². The molecule has 6 heteroatoms. The predicted molar refractivity (Wildman–Crippen MR) is 83.8 cm³/mol. The van der Waals surface area contributed by atoms with Gasteiger partial charge in [-0.1, -0.05) is 0 Å². The van der Waals surface area contributed by atoms with Gasteiger partial charge in [-0.25, -0.2) is 4.79 Å². The van der Waals surface area contributed by atoms with Gasteiger partial charge in [0.25, 0.3) is 5.56 Å². The van der Waals surface area contributed by atoms with Crippen molar-refractivity contribution < 1.29 is 9.21 Å². The second-order valence-electron chi connectivity index (χ2n) is 5.44. The van der Waals surface area contributed by atoms with Crippen molar-refractivity contribution in [2.75, 3.05) is 0 Å². The quantitative estimate of drug-likeness (QED) is 0.810. The molecule has 0 fully saturated rings. The Morgan fingerprint density at radius 2 is 2.05 bits per heavy atom. The van der Waals surface area contributed by atoms with Crippen LogP contribution in [0.5, 0.6) is 0 Å². The number of pyridine rings is 1. The Hall–Kier alpha value is -2.50. The Morgan fingerprint density at radius 3 is 2.64 bits per heavy atom. The average molecular weight is 303 g/mol. The maximum absolute atomic E-state index is 11.9. The van der Waals surface area contributed by atoms with E-state index in [1.54, 1.807) is 0 Å². The molecule has 0 saturated heterocycles. The van der Waals surface area contributed by atoms with Crippen molar-refractivity contribution in [2.24, 2.45) is 0 Å². The summed E-state index contributed by atoms with van der Waals surface area (Å²) in [5, 5.41) is 5.47. The molecule has 2 aromatic rings. The maximum atomic E-state index is 11.9. The number of aromatic nitrogens is 1. The van der Waals surface area contributed by atoms with Crippen molar-refractivity contribution in [3.8, 4) is 0 Å². The van der Waals surface area contributed by atoms with Gasteiger partial charge >= 0.3 is 6.03 Å². The number of H-pyrrole nitrogens is 1. The van der Waals surface area contributed by atoms with E-state index in [1.807, 2.05) is 45.9 Å². The highest BCUT2D eigenvalue weighted by atomic mass is 16.3. The second-order valence-corrected chi connectivity index (χ2v) is 5.44. The zero-order valence-electron chi connectivity index (χ0n) is 13.2. The van der Waals surface area contributed by atoms with Crippen molar-refractivity contribution in [2.45, 2.75) is 40.3 Å². The lowest BCUT2D eigenvalue weighted by molar-refractivity contribution is 0.235. The van der Waals surface area contributed by atoms with Gasteiger partial charge in [-0.05, 0) is 51.5 Å². The molecule has 22 heavy (non-hydrogen) atoms. The Morgan fingerprint density at radius 1 is 1.32 bits per heavy atom. The number of rotatable bonds is 4. The molecule has 0 saturated carbocycles. The van der Waals surface area contributed by atoms with Gasteiger partial charge in [0.15, 0.2) is 0 Å². The fourth-order valence-electron chi connectivity index (χ4n) is 2.27. The number of aromatic amines is 1. The SMILES string of the molecule is Cc1cc(C)c(CNC(=O)NC(C)c2ccc(C)o2)c(=O)[nH]1. The molecule has 118 valence electrons. The molecule has 0 bridgehead atoms. The molecular weight excluding hydrogens is 282 g/mol. The van der Waals surface area contributed by atoms with Gasteiger partial charge in [0.1, 0.15) is 11.5 Å². The molecule has 2 amide bonds. The van der Waals surface area contributed by atoms with Crippen LogP contribution in [0.1, 0.15) is 41.3 Å². The third-order valence-electron chi connectivity index (χ3n) is 3.46. The first kappa shape index (κ1) is 15.9. The summed E-state index contributed by atoms with van der Waals surface area (Å²) in [6.45, 7) is 7.54. The minimum Gasteiger partial charge on any atom is -0.464 e. The Kier molecular flexibility index (Phi) is 4.70. The highest BCUT2D eigenvalue weighted by Crippen LogP contribution is 2.15. The van der Waals surface area contributed by atoms with Crippen molar-refractivity contribution in [3.63, 3.8) is 0 Å². The summed E-state index contributed by atoms with van der Waals surface area (Å²) in [4.78, 5) is 26.5. The third-order valence-corrected chi connectivity index (χ3v) is 3.46. The second kappa shape index (κ2) is 6.51. The monoisotopic (exact) mass is 303 g/mol. The lowest BCUT2D eigenvalue weighted by Gasteiger charge is -2.13. The highest BCUT2D eigenvalue weighted by Gasteiger charge is 2.13. The van der Waals surface area contributed by atoms with Gasteiger partial charge in [0.05, 0.1) is 12.6 Å². The zero-order chi connectivity index (χ0) is 16.3. The predicted octanol–water partition coefficient (Wildman–Crippen LogP) is 2.45. The smallest absolute Gasteiger partial charge is 0.315 e. The summed E-state index contributed by atoms with van der Waals surface area (Å²) in [6.07, 6.45) is 0. The largest absolute Gasteiger partial charge is 0.464 e. The maximum Gasteiger partial charge on any atom is 0.315 e. The molecule has 0 aromatic carbocycles. The van der Waals surface area contributed by atoms with Crippen molar-refractivity contribution in [3.05, 3.63) is 56.9 Å². The number of urea groups is 1. The van der Waals surface area contributed by atoms with Crippen LogP contribution in [0.15, 0.2) is 27.4 Å². The average Bonchev–Trinajstić information content (AvgIpc) is 2.84. The minimum atomic E-state index is -0.346. The third kappa shape index (κ3) is 3.78. The van der Waals surface area contributed by atoms with Gasteiger partial charge in [-0.15, -0.1) is 0 Å². The first-order valence-electron chi connectivity index (χ1n) is 7.17. The molecule has 0 spiro atoms. The van der Waals surface area contributed by atoms with Crippen LogP contribution in [0.25, 0.3) is 0 Å². The number of aryl methyl sites for hydroxylation is 3. The van der Waals surface area contributed by atoms with Crippen LogP contribution in [0, 0.1) is 20.8 Å². The minimum absolute atomic E-state index is 0.174. The van der Waals surface area contributed by atoms with Gasteiger partial charge in [-0.3, -0.25) is 4.79 Å². The molecule has 0 aliphatic carbocycles. The molecule has 6 nitrogen and oxygen atoms in total. The standard InChI is InChI=1S/C16H21N3O3/c1-9-7-10(2)18-15(20)13(9)8-17-16(21)19-12(4)14-6-5-11(3)22-14/h5-7,12H,8H2,1-4H3,(H,18,20)(H2,17,19,21). The van der Waals surface area contributed by atoms with E-state index in [4.69, 9.17) is 4.42 Å². The van der Waals surface area contributed by atoms with E-state index in [2.05, 4.69) is 15.6 Å². The van der Waals surface area contributed by atoms with Crippen molar-refractivity contribution >= 4 is 6.03 Å². The van der Waals surface area contributed by atoms with Crippen LogP contribution < -0.4 is 16.2 Å². The van der Waals surface area contributed by atoms with Crippen LogP contribution in [-0.2, 0) is 6.54 Å². The van der Waals surface area contributed by atoms with E-state index in [-0.39, 0.29) is 24.2 Å². The van der Waals surface area contributed by atoms with Crippen molar-refractivity contribution in [1.82, 2.24) is 15.6 Å². The fraction of sp³-hybridized carbons (Fsp3) is 0.375. The van der Waals surface area contributed by atoms with Gasteiger partial charge < -0.3 is 20.0 Å². The fourth-order valence-corrected chi connectivity index (χ4v) is 2.27. The Bertz CT molecular complexity index is 730. The van der Waals surface area contributed by atoms with E-state index in [1.165, 1.54) is 0 Å². The Balaban J connectivity index is 1.95. The molecule has 0 radical (unpaired) electrons. The summed E-state index contributed by atoms with van der Waals surface area (Å²) in [6, 6.07) is 4.97. The van der Waals surface area contributed by atoms with Crippen molar-refractivity contribution in [1.29, 1.82) is 0 Å². The van der Waals surface area contributed by atoms with Gasteiger partial charge in [-0.2, -0.15) is 0 Å². The highest BCUT2D eigenvalue weighted by molar-refractivity contribution is 5.74. The number of hydrogen-bond donors (Lipinski definition) is 3. The van der Waals surface area contributed by atoms with Crippen LogP contribution in [0.2, 0.25) is 0 Å². The molecule has 1 unspecified atom stereocenters. The topological polar surface area (TPSA) is 87.1 Å². The molecule has 2 heterocycles. The van der Waals surface area contributed by atoms with Gasteiger partial charge in [0, 0.05) is 11.3 Å². The van der Waals surface area contributed by atoms with E-state index >= 15 is 0 Å². The van der Waals surface area contributed by atoms with E-state index < -0.39 is 0 Å². The normalized spacial score (nSPS) is 12.0. The molecule has 2 aromatic heterocycles.